The first kappa shape index (κ1) is 32.7. The summed E-state index contributed by atoms with van der Waals surface area (Å²) in [4.78, 5) is 21.1. The van der Waals surface area contributed by atoms with Crippen LogP contribution in [0.25, 0.3) is 11.0 Å². The van der Waals surface area contributed by atoms with Crippen molar-refractivity contribution in [1.29, 1.82) is 5.41 Å². The minimum atomic E-state index is -0.460. The summed E-state index contributed by atoms with van der Waals surface area (Å²) in [5, 5.41) is 13.2. The van der Waals surface area contributed by atoms with E-state index in [-0.39, 0.29) is 36.7 Å². The van der Waals surface area contributed by atoms with Crippen LogP contribution in [0.5, 0.6) is 5.75 Å². The molecule has 9 nitrogen and oxygen atoms in total. The number of halogens is 2. The molecule has 1 saturated carbocycles. The van der Waals surface area contributed by atoms with Crippen LogP contribution in [0.3, 0.4) is 0 Å². The van der Waals surface area contributed by atoms with E-state index in [1.807, 2.05) is 43.3 Å². The number of nitrogens with zero attached hydrogens (tertiary/aromatic N) is 2. The van der Waals surface area contributed by atoms with Crippen molar-refractivity contribution in [2.24, 2.45) is 11.7 Å². The third-order valence-electron chi connectivity index (χ3n) is 8.18. The fourth-order valence-corrected chi connectivity index (χ4v) is 6.00. The molecule has 1 aliphatic carbocycles. The lowest BCUT2D eigenvalue weighted by Gasteiger charge is -2.36. The van der Waals surface area contributed by atoms with Crippen LogP contribution in [0.15, 0.2) is 36.4 Å². The number of piperazine rings is 1. The summed E-state index contributed by atoms with van der Waals surface area (Å²) < 4.78 is 5.94. The summed E-state index contributed by atoms with van der Waals surface area (Å²) in [5.41, 5.74) is 13.1. The molecule has 1 aromatic heterocycles. The molecule has 1 unspecified atom stereocenters. The number of hydrogen-bond donors (Lipinski definition) is 5. The molecule has 0 bridgehead atoms. The summed E-state index contributed by atoms with van der Waals surface area (Å²) >= 11 is 0. The van der Waals surface area contributed by atoms with E-state index in [1.54, 1.807) is 0 Å². The normalized spacial score (nSPS) is 17.8. The number of hydrogen-bond acceptors (Lipinski definition) is 6. The van der Waals surface area contributed by atoms with Crippen LogP contribution >= 0.6 is 24.8 Å². The molecule has 1 atom stereocenters. The number of aromatic amines is 1. The number of nitrogens with one attached hydrogen (secondary N) is 4. The summed E-state index contributed by atoms with van der Waals surface area (Å²) in [6.45, 7) is 4.39. The van der Waals surface area contributed by atoms with E-state index in [0.29, 0.717) is 17.7 Å². The van der Waals surface area contributed by atoms with Crippen molar-refractivity contribution < 1.29 is 9.53 Å². The molecule has 2 fully saturated rings. The Morgan fingerprint density at radius 1 is 1.10 bits per heavy atom. The molecule has 2 aliphatic rings. The van der Waals surface area contributed by atoms with Gasteiger partial charge in [0.25, 0.3) is 0 Å². The average molecular weight is 605 g/mol. The molecular weight excluding hydrogens is 561 g/mol. The van der Waals surface area contributed by atoms with Crippen molar-refractivity contribution in [3.8, 4) is 5.75 Å². The number of carbonyl (C=O) groups is 1. The maximum absolute atomic E-state index is 13.1. The van der Waals surface area contributed by atoms with Crippen LogP contribution in [0.4, 0.5) is 4.79 Å². The Balaban J connectivity index is 0.00000231. The molecule has 41 heavy (non-hydrogen) atoms. The number of H-pyrrole nitrogens is 1. The molecule has 11 heteroatoms. The van der Waals surface area contributed by atoms with Crippen LogP contribution in [-0.2, 0) is 12.8 Å². The van der Waals surface area contributed by atoms with Gasteiger partial charge in [0, 0.05) is 36.8 Å². The molecule has 1 amide bonds. The second kappa shape index (κ2) is 15.4. The lowest BCUT2D eigenvalue weighted by atomic mass is 9.85. The second-order valence-electron chi connectivity index (χ2n) is 11.0. The topological polar surface area (TPSA) is 132 Å². The third-order valence-corrected chi connectivity index (χ3v) is 8.18. The maximum atomic E-state index is 13.1. The van der Waals surface area contributed by atoms with Crippen LogP contribution < -0.4 is 21.2 Å². The minimum absolute atomic E-state index is 0. The molecule has 2 heterocycles. The fourth-order valence-electron chi connectivity index (χ4n) is 6.00. The van der Waals surface area contributed by atoms with Gasteiger partial charge in [-0.25, -0.2) is 14.8 Å². The van der Waals surface area contributed by atoms with E-state index in [4.69, 9.17) is 20.9 Å². The summed E-state index contributed by atoms with van der Waals surface area (Å²) in [6, 6.07) is 11.7. The first-order valence-corrected chi connectivity index (χ1v) is 14.3. The van der Waals surface area contributed by atoms with Crippen molar-refractivity contribution in [3.05, 3.63) is 58.9 Å². The summed E-state index contributed by atoms with van der Waals surface area (Å²) in [6.07, 6.45) is 9.99. The minimum Gasteiger partial charge on any atom is -0.409 e. The molecular formula is C30H43Cl2N7O2. The highest BCUT2D eigenvalue weighted by Crippen LogP contribution is 2.30. The third kappa shape index (κ3) is 8.58. The van der Waals surface area contributed by atoms with Gasteiger partial charge in [-0.15, -0.1) is 24.8 Å². The van der Waals surface area contributed by atoms with Gasteiger partial charge < -0.3 is 20.8 Å². The molecule has 0 spiro atoms. The number of nitrogen functional groups attached to an aromatic ring is 1. The number of imidazole rings is 1. The molecule has 2 aromatic carbocycles. The van der Waals surface area contributed by atoms with Gasteiger partial charge in [-0.2, -0.15) is 0 Å². The Morgan fingerprint density at radius 2 is 1.85 bits per heavy atom. The Morgan fingerprint density at radius 3 is 2.59 bits per heavy atom. The van der Waals surface area contributed by atoms with Crippen molar-refractivity contribution in [2.75, 3.05) is 19.6 Å². The van der Waals surface area contributed by atoms with E-state index in [2.05, 4.69) is 20.7 Å². The van der Waals surface area contributed by atoms with Crippen molar-refractivity contribution >= 4 is 47.8 Å². The predicted molar refractivity (Wildman–Crippen MR) is 169 cm³/mol. The molecule has 6 N–H and O–H groups in total. The number of amidine groups is 1. The average Bonchev–Trinajstić information content (AvgIpc) is 3.33. The Hall–Kier alpha value is -2.85. The SMILES string of the molecule is Cc1nc2c(CCc3ccc(C(=N)N)cc3)c(OC(=O)NN3CCNCC3CCC3CCCCC3)ccc2[nH]1.Cl.Cl. The Bertz CT molecular complexity index is 1290. The highest BCUT2D eigenvalue weighted by atomic mass is 35.5. The van der Waals surface area contributed by atoms with Gasteiger partial charge in [-0.1, -0.05) is 56.4 Å². The molecule has 0 radical (unpaired) electrons. The zero-order chi connectivity index (χ0) is 27.2. The monoisotopic (exact) mass is 603 g/mol. The van der Waals surface area contributed by atoms with Crippen LogP contribution in [0.2, 0.25) is 0 Å². The number of ether oxygens (including phenoxy) is 1. The number of hydrazine groups is 1. The van der Waals surface area contributed by atoms with Crippen molar-refractivity contribution in [1.82, 2.24) is 25.7 Å². The molecule has 5 rings (SSSR count). The second-order valence-corrected chi connectivity index (χ2v) is 11.0. The summed E-state index contributed by atoms with van der Waals surface area (Å²) in [7, 11) is 0. The van der Waals surface area contributed by atoms with Crippen LogP contribution in [0, 0.1) is 18.3 Å². The van der Waals surface area contributed by atoms with Crippen molar-refractivity contribution in [2.45, 2.75) is 70.8 Å². The Kier molecular flexibility index (Phi) is 12.3. The highest BCUT2D eigenvalue weighted by Gasteiger charge is 2.26. The fraction of sp³-hybridized carbons (Fsp3) is 0.500. The van der Waals surface area contributed by atoms with Gasteiger partial charge in [0.05, 0.1) is 11.0 Å². The van der Waals surface area contributed by atoms with E-state index >= 15 is 0 Å². The number of aryl methyl sites for hydroxylation is 3. The Labute approximate surface area is 254 Å². The number of rotatable bonds is 9. The predicted octanol–water partition coefficient (Wildman–Crippen LogP) is 5.42. The lowest BCUT2D eigenvalue weighted by molar-refractivity contribution is 0.0816. The first-order valence-electron chi connectivity index (χ1n) is 14.3. The highest BCUT2D eigenvalue weighted by molar-refractivity contribution is 5.94. The van der Waals surface area contributed by atoms with Gasteiger partial charge in [0.1, 0.15) is 17.4 Å². The number of fused-ring (bicyclic) bond motifs is 1. The van der Waals surface area contributed by atoms with E-state index in [0.717, 1.165) is 66.4 Å². The lowest BCUT2D eigenvalue weighted by Crippen LogP contribution is -2.58. The number of amides is 1. The zero-order valence-corrected chi connectivity index (χ0v) is 25.3. The van der Waals surface area contributed by atoms with Crippen LogP contribution in [0.1, 0.15) is 67.5 Å². The first-order chi connectivity index (χ1) is 19.0. The van der Waals surface area contributed by atoms with E-state index < -0.39 is 6.09 Å². The molecule has 3 aromatic rings. The van der Waals surface area contributed by atoms with Crippen LogP contribution in [-0.4, -0.2) is 52.6 Å². The maximum Gasteiger partial charge on any atom is 0.427 e. The number of nitrogens with two attached hydrogens (primary N) is 1. The van der Waals surface area contributed by atoms with E-state index in [1.165, 1.54) is 38.5 Å². The van der Waals surface area contributed by atoms with Crippen molar-refractivity contribution in [3.63, 3.8) is 0 Å². The standard InChI is InChI=1S/C30H41N7O2.2ClH/c1-20-34-26-15-16-27(25(28(26)35-20)14-10-22-7-11-23(12-8-22)29(31)32)39-30(38)36-37-18-17-33-19-24(37)13-9-21-5-3-2-4-6-21;;/h7-8,11-12,15-16,21,24,33H,2-6,9-10,13-14,17-19H2,1H3,(H3,31,32)(H,34,35)(H,36,38);2*1H. The summed E-state index contributed by atoms with van der Waals surface area (Å²) in [5.74, 6) is 2.22. The number of carbonyl (C=O) groups excluding carboxylic acids is 1. The largest absolute Gasteiger partial charge is 0.427 e. The van der Waals surface area contributed by atoms with Gasteiger partial charge in [-0.3, -0.25) is 10.8 Å². The molecule has 1 saturated heterocycles. The number of benzene rings is 2. The molecule has 224 valence electrons. The van der Waals surface area contributed by atoms with Gasteiger partial charge in [0.2, 0.25) is 0 Å². The number of aromatic nitrogens is 2. The van der Waals surface area contributed by atoms with Gasteiger partial charge in [-0.05, 0) is 56.2 Å². The van der Waals surface area contributed by atoms with Gasteiger partial charge in [0.15, 0.2) is 0 Å². The smallest absolute Gasteiger partial charge is 0.409 e. The van der Waals surface area contributed by atoms with Gasteiger partial charge >= 0.3 is 6.09 Å². The zero-order valence-electron chi connectivity index (χ0n) is 23.7. The quantitative estimate of drug-likeness (QED) is 0.164. The van der Waals surface area contributed by atoms with E-state index in [9.17, 15) is 4.79 Å². The molecule has 1 aliphatic heterocycles.